The number of nitrogens with one attached hydrogen (secondary N) is 4. The van der Waals surface area contributed by atoms with E-state index in [9.17, 15) is 34.4 Å². The minimum atomic E-state index is -4.84. The van der Waals surface area contributed by atoms with E-state index in [1.54, 1.807) is 12.1 Å². The fraction of sp³-hybridized carbons (Fsp3) is 0.273. The summed E-state index contributed by atoms with van der Waals surface area (Å²) in [6.07, 6.45) is -3.00. The summed E-state index contributed by atoms with van der Waals surface area (Å²) in [6, 6.07) is 7.21. The highest BCUT2D eigenvalue weighted by molar-refractivity contribution is 7.89. The first-order valence-electron chi connectivity index (χ1n) is 11.2. The third-order valence-electron chi connectivity index (χ3n) is 5.44. The zero-order valence-electron chi connectivity index (χ0n) is 19.5. The Bertz CT molecular complexity index is 1550. The Morgan fingerprint density at radius 1 is 1.08 bits per heavy atom. The molecule has 1 aliphatic rings. The maximum atomic E-state index is 14.1. The number of aromatic nitrogens is 2. The van der Waals surface area contributed by atoms with Crippen molar-refractivity contribution in [3.8, 4) is 0 Å². The highest BCUT2D eigenvalue weighted by atomic mass is 32.2. The van der Waals surface area contributed by atoms with E-state index >= 15 is 0 Å². The van der Waals surface area contributed by atoms with Gasteiger partial charge in [-0.05, 0) is 49.2 Å². The van der Waals surface area contributed by atoms with Gasteiger partial charge in [-0.2, -0.15) is 18.2 Å². The lowest BCUT2D eigenvalue weighted by molar-refractivity contribution is -0.137. The Morgan fingerprint density at radius 3 is 2.63 bits per heavy atom. The Labute approximate surface area is 216 Å². The van der Waals surface area contributed by atoms with Gasteiger partial charge < -0.3 is 10.6 Å². The second kappa shape index (κ2) is 10.8. The molecule has 0 saturated heterocycles. The van der Waals surface area contributed by atoms with Gasteiger partial charge in [0, 0.05) is 37.1 Å². The number of benzene rings is 2. The summed E-state index contributed by atoms with van der Waals surface area (Å²) in [7, 11) is -8.32. The molecule has 4 N–H and O–H groups in total. The van der Waals surface area contributed by atoms with Crippen molar-refractivity contribution in [1.82, 2.24) is 19.4 Å². The molecule has 4 rings (SSSR count). The molecule has 0 saturated carbocycles. The van der Waals surface area contributed by atoms with Gasteiger partial charge in [-0.1, -0.05) is 6.07 Å². The molecule has 3 aromatic rings. The maximum Gasteiger partial charge on any atom is 0.416 e. The van der Waals surface area contributed by atoms with Crippen LogP contribution in [0.3, 0.4) is 0 Å². The van der Waals surface area contributed by atoms with Crippen LogP contribution in [0.1, 0.15) is 17.5 Å². The Kier molecular flexibility index (Phi) is 7.87. The molecule has 2 heterocycles. The van der Waals surface area contributed by atoms with Gasteiger partial charge in [0.1, 0.15) is 16.5 Å². The van der Waals surface area contributed by atoms with Gasteiger partial charge in [0.2, 0.25) is 26.0 Å². The molecule has 204 valence electrons. The summed E-state index contributed by atoms with van der Waals surface area (Å²) in [6.45, 7) is 0.165. The first-order valence-corrected chi connectivity index (χ1v) is 14.1. The van der Waals surface area contributed by atoms with Crippen LogP contribution in [0.4, 0.5) is 35.0 Å². The molecule has 16 heteroatoms. The number of nitrogens with zero attached hydrogens (tertiary/aromatic N) is 2. The second-order valence-electron chi connectivity index (χ2n) is 8.19. The molecular weight excluding hydrogens is 552 g/mol. The number of halogens is 4. The van der Waals surface area contributed by atoms with Gasteiger partial charge in [0.05, 0.1) is 10.5 Å². The van der Waals surface area contributed by atoms with Crippen LogP contribution in [0.2, 0.25) is 0 Å². The van der Waals surface area contributed by atoms with E-state index in [-0.39, 0.29) is 36.4 Å². The van der Waals surface area contributed by atoms with Crippen LogP contribution in [-0.2, 0) is 32.6 Å². The molecule has 10 nitrogen and oxygen atoms in total. The lowest BCUT2D eigenvalue weighted by Crippen LogP contribution is -2.28. The van der Waals surface area contributed by atoms with E-state index in [1.165, 1.54) is 18.3 Å². The molecule has 0 atom stereocenters. The number of sulfonamides is 2. The molecule has 38 heavy (non-hydrogen) atoms. The number of rotatable bonds is 5. The first kappa shape index (κ1) is 27.7. The summed E-state index contributed by atoms with van der Waals surface area (Å²) >= 11 is 0. The largest absolute Gasteiger partial charge is 0.416 e. The smallest absolute Gasteiger partial charge is 0.370 e. The van der Waals surface area contributed by atoms with Crippen LogP contribution in [0, 0.1) is 5.82 Å². The minimum Gasteiger partial charge on any atom is -0.370 e. The number of fused-ring (bicyclic) bond motifs is 4. The molecule has 0 aliphatic carbocycles. The van der Waals surface area contributed by atoms with Crippen LogP contribution >= 0.6 is 0 Å². The quantitative estimate of drug-likeness (QED) is 0.341. The predicted octanol–water partition coefficient (Wildman–Crippen LogP) is 2.99. The minimum absolute atomic E-state index is 0.0184. The standard InChI is InChI=1S/C22H22F4N6O4S2/c23-18-6-5-15(22(24,25)26)11-19(18)38(35,36)30-10-7-14-13-28-21-31-16-3-1-4-17(12-16)37(33,34)29-9-2-8-27-20(14)32-21/h1,3-6,11-13,29-30H,2,7-10H2,(H2,27,28,31,32). The maximum absolute atomic E-state index is 14.1. The third-order valence-corrected chi connectivity index (χ3v) is 8.37. The summed E-state index contributed by atoms with van der Waals surface area (Å²) < 4.78 is 108. The van der Waals surface area contributed by atoms with E-state index in [0.29, 0.717) is 42.2 Å². The fourth-order valence-corrected chi connectivity index (χ4v) is 5.79. The number of anilines is 3. The van der Waals surface area contributed by atoms with E-state index in [1.807, 2.05) is 0 Å². The van der Waals surface area contributed by atoms with Crippen molar-refractivity contribution >= 4 is 37.5 Å². The third kappa shape index (κ3) is 6.56. The number of hydrogen-bond acceptors (Lipinski definition) is 8. The van der Waals surface area contributed by atoms with Gasteiger partial charge in [-0.3, -0.25) is 0 Å². The van der Waals surface area contributed by atoms with E-state index < -0.39 is 42.5 Å². The average Bonchev–Trinajstić information content (AvgIpc) is 2.84. The molecule has 0 fully saturated rings. The molecular formula is C22H22F4N6O4S2. The monoisotopic (exact) mass is 574 g/mol. The zero-order chi connectivity index (χ0) is 27.6. The van der Waals surface area contributed by atoms with Gasteiger partial charge in [0.15, 0.2) is 0 Å². The number of hydrogen-bond donors (Lipinski definition) is 4. The fourth-order valence-electron chi connectivity index (χ4n) is 3.54. The normalized spacial score (nSPS) is 15.8. The summed E-state index contributed by atoms with van der Waals surface area (Å²) in [5.41, 5.74) is -0.410. The first-order chi connectivity index (χ1) is 17.8. The van der Waals surface area contributed by atoms with Crippen LogP contribution in [0.25, 0.3) is 0 Å². The summed E-state index contributed by atoms with van der Waals surface area (Å²) in [5.74, 6) is -0.835. The molecule has 1 aromatic heterocycles. The van der Waals surface area contributed by atoms with Crippen molar-refractivity contribution in [1.29, 1.82) is 0 Å². The van der Waals surface area contributed by atoms with Gasteiger partial charge in [-0.15, -0.1) is 0 Å². The molecule has 0 radical (unpaired) electrons. The highest BCUT2D eigenvalue weighted by Gasteiger charge is 2.33. The van der Waals surface area contributed by atoms with Crippen molar-refractivity contribution in [2.24, 2.45) is 0 Å². The number of alkyl halides is 3. The van der Waals surface area contributed by atoms with Crippen molar-refractivity contribution in [2.45, 2.75) is 28.8 Å². The highest BCUT2D eigenvalue weighted by Crippen LogP contribution is 2.31. The van der Waals surface area contributed by atoms with Crippen LogP contribution in [-0.4, -0.2) is 46.4 Å². The molecule has 4 bridgehead atoms. The van der Waals surface area contributed by atoms with Crippen molar-refractivity contribution in [2.75, 3.05) is 30.3 Å². The van der Waals surface area contributed by atoms with Crippen LogP contribution in [0.15, 0.2) is 58.5 Å². The molecule has 2 aromatic carbocycles. The van der Waals surface area contributed by atoms with E-state index in [4.69, 9.17) is 0 Å². The van der Waals surface area contributed by atoms with Crippen LogP contribution < -0.4 is 20.1 Å². The second-order valence-corrected chi connectivity index (χ2v) is 11.7. The van der Waals surface area contributed by atoms with Crippen molar-refractivity contribution in [3.63, 3.8) is 0 Å². The van der Waals surface area contributed by atoms with Gasteiger partial charge in [-0.25, -0.2) is 35.7 Å². The summed E-state index contributed by atoms with van der Waals surface area (Å²) in [5, 5.41) is 5.96. The molecule has 0 amide bonds. The average molecular weight is 575 g/mol. The lowest BCUT2D eigenvalue weighted by atomic mass is 10.2. The molecule has 0 unspecified atom stereocenters. The SMILES string of the molecule is O=S1(=O)NCCCNc2nc(ncc2CCNS(=O)(=O)c2cc(C(F)(F)F)ccc2F)Nc2cccc1c2. The lowest BCUT2D eigenvalue weighted by Gasteiger charge is -2.14. The zero-order valence-corrected chi connectivity index (χ0v) is 21.1. The van der Waals surface area contributed by atoms with E-state index in [0.717, 1.165) is 0 Å². The topological polar surface area (TPSA) is 142 Å². The molecule has 1 aliphatic heterocycles. The Balaban J connectivity index is 1.52. The van der Waals surface area contributed by atoms with Crippen molar-refractivity contribution < 1.29 is 34.4 Å². The predicted molar refractivity (Wildman–Crippen MR) is 130 cm³/mol. The Hall–Kier alpha value is -3.34. The van der Waals surface area contributed by atoms with Gasteiger partial charge >= 0.3 is 6.18 Å². The van der Waals surface area contributed by atoms with Gasteiger partial charge in [0.25, 0.3) is 0 Å². The Morgan fingerprint density at radius 2 is 1.87 bits per heavy atom. The van der Waals surface area contributed by atoms with Crippen LogP contribution in [0.5, 0.6) is 0 Å². The summed E-state index contributed by atoms with van der Waals surface area (Å²) in [4.78, 5) is 7.53. The van der Waals surface area contributed by atoms with E-state index in [2.05, 4.69) is 30.0 Å². The van der Waals surface area contributed by atoms with Crippen molar-refractivity contribution in [3.05, 3.63) is 65.6 Å². The molecule has 0 spiro atoms.